The Labute approximate surface area is 117 Å². The van der Waals surface area contributed by atoms with Crippen LogP contribution in [0.1, 0.15) is 32.6 Å². The van der Waals surface area contributed by atoms with Crippen molar-refractivity contribution in [1.29, 1.82) is 0 Å². The number of nitrogens with one attached hydrogen (secondary N) is 1. The lowest BCUT2D eigenvalue weighted by molar-refractivity contribution is 0.226. The molecule has 1 saturated heterocycles. The Morgan fingerprint density at radius 3 is 2.84 bits per heavy atom. The summed E-state index contributed by atoms with van der Waals surface area (Å²) in [6.07, 6.45) is 5.44. The van der Waals surface area contributed by atoms with E-state index >= 15 is 0 Å². The molecule has 1 aliphatic rings. The minimum atomic E-state index is -3.03. The normalized spacial score (nSPS) is 23.4. The monoisotopic (exact) mass is 292 g/mol. The second-order valence-corrected chi connectivity index (χ2v) is 7.75. The van der Waals surface area contributed by atoms with Crippen molar-refractivity contribution in [2.45, 2.75) is 32.6 Å². The summed E-state index contributed by atoms with van der Waals surface area (Å²) >= 11 is 0. The van der Waals surface area contributed by atoms with Crippen molar-refractivity contribution in [3.8, 4) is 0 Å². The third-order valence-corrected chi connectivity index (χ3v) is 5.02. The summed E-state index contributed by atoms with van der Waals surface area (Å²) in [7, 11) is -3.03. The number of aliphatic hydroxyl groups excluding tert-OH is 1. The Morgan fingerprint density at radius 2 is 2.21 bits per heavy atom. The standard InChI is InChI=1S/C13H28N2O3S/c1-12(11-16)5-3-7-14-9-13-6-4-8-15(10-13)19(2,17)18/h12-14,16H,3-11H2,1-2H3. The van der Waals surface area contributed by atoms with Gasteiger partial charge >= 0.3 is 0 Å². The Bertz CT molecular complexity index is 346. The van der Waals surface area contributed by atoms with Gasteiger partial charge in [0.05, 0.1) is 6.26 Å². The summed E-state index contributed by atoms with van der Waals surface area (Å²) in [5.74, 6) is 0.802. The fraction of sp³-hybridized carbons (Fsp3) is 1.00. The number of sulfonamides is 1. The first kappa shape index (κ1) is 16.9. The first-order chi connectivity index (χ1) is 8.93. The van der Waals surface area contributed by atoms with E-state index in [0.717, 1.165) is 38.8 Å². The van der Waals surface area contributed by atoms with Crippen LogP contribution in [0.15, 0.2) is 0 Å². The summed E-state index contributed by atoms with van der Waals surface area (Å²) in [5, 5.41) is 12.3. The van der Waals surface area contributed by atoms with Gasteiger partial charge in [-0.25, -0.2) is 12.7 Å². The predicted molar refractivity (Wildman–Crippen MR) is 77.5 cm³/mol. The first-order valence-electron chi connectivity index (χ1n) is 7.20. The highest BCUT2D eigenvalue weighted by molar-refractivity contribution is 7.88. The molecular weight excluding hydrogens is 264 g/mol. The third kappa shape index (κ3) is 6.70. The quantitative estimate of drug-likeness (QED) is 0.645. The van der Waals surface area contributed by atoms with E-state index in [9.17, 15) is 8.42 Å². The van der Waals surface area contributed by atoms with E-state index in [1.165, 1.54) is 6.26 Å². The topological polar surface area (TPSA) is 69.6 Å². The highest BCUT2D eigenvalue weighted by atomic mass is 32.2. The summed E-state index contributed by atoms with van der Waals surface area (Å²) < 4.78 is 24.6. The van der Waals surface area contributed by atoms with Crippen LogP contribution in [0.5, 0.6) is 0 Å². The minimum Gasteiger partial charge on any atom is -0.396 e. The highest BCUT2D eigenvalue weighted by Gasteiger charge is 2.25. The van der Waals surface area contributed by atoms with Crippen molar-refractivity contribution in [3.05, 3.63) is 0 Å². The molecule has 6 heteroatoms. The van der Waals surface area contributed by atoms with E-state index in [1.807, 2.05) is 6.92 Å². The summed E-state index contributed by atoms with van der Waals surface area (Å²) in [5.41, 5.74) is 0. The number of piperidine rings is 1. The minimum absolute atomic E-state index is 0.256. The maximum absolute atomic E-state index is 11.5. The van der Waals surface area contributed by atoms with Gasteiger partial charge < -0.3 is 10.4 Å². The number of aliphatic hydroxyl groups is 1. The van der Waals surface area contributed by atoms with E-state index in [2.05, 4.69) is 5.32 Å². The van der Waals surface area contributed by atoms with Gasteiger partial charge in [0.2, 0.25) is 10.0 Å². The molecule has 2 unspecified atom stereocenters. The lowest BCUT2D eigenvalue weighted by Crippen LogP contribution is -2.42. The van der Waals surface area contributed by atoms with E-state index in [-0.39, 0.29) is 6.61 Å². The fourth-order valence-corrected chi connectivity index (χ4v) is 3.41. The molecule has 1 fully saturated rings. The predicted octanol–water partition coefficient (Wildman–Crippen LogP) is 0.656. The molecule has 0 spiro atoms. The zero-order valence-corrected chi connectivity index (χ0v) is 13.0. The van der Waals surface area contributed by atoms with E-state index in [0.29, 0.717) is 24.9 Å². The van der Waals surface area contributed by atoms with Gasteiger partial charge in [0.1, 0.15) is 0 Å². The van der Waals surface area contributed by atoms with Crippen molar-refractivity contribution in [1.82, 2.24) is 9.62 Å². The molecule has 0 saturated carbocycles. The van der Waals surface area contributed by atoms with Crippen LogP contribution in [0.25, 0.3) is 0 Å². The zero-order valence-electron chi connectivity index (χ0n) is 12.1. The summed E-state index contributed by atoms with van der Waals surface area (Å²) in [6, 6.07) is 0. The maximum atomic E-state index is 11.5. The van der Waals surface area contributed by atoms with Gasteiger partial charge in [-0.15, -0.1) is 0 Å². The average Bonchev–Trinajstić information content (AvgIpc) is 2.37. The van der Waals surface area contributed by atoms with E-state index in [4.69, 9.17) is 5.11 Å². The number of rotatable bonds is 8. The maximum Gasteiger partial charge on any atom is 0.211 e. The van der Waals surface area contributed by atoms with Gasteiger partial charge in [0, 0.05) is 19.7 Å². The molecule has 1 heterocycles. The van der Waals surface area contributed by atoms with Crippen LogP contribution in [0, 0.1) is 11.8 Å². The average molecular weight is 292 g/mol. The second kappa shape index (κ2) is 8.19. The second-order valence-electron chi connectivity index (χ2n) is 5.76. The summed E-state index contributed by atoms with van der Waals surface area (Å²) in [6.45, 7) is 5.46. The van der Waals surface area contributed by atoms with Crippen molar-refractivity contribution in [2.24, 2.45) is 11.8 Å². The van der Waals surface area contributed by atoms with Gasteiger partial charge in [0.25, 0.3) is 0 Å². The number of hydrogen-bond acceptors (Lipinski definition) is 4. The molecule has 0 aromatic heterocycles. The summed E-state index contributed by atoms with van der Waals surface area (Å²) in [4.78, 5) is 0. The molecule has 1 aliphatic heterocycles. The van der Waals surface area contributed by atoms with Crippen LogP contribution in [-0.2, 0) is 10.0 Å². The van der Waals surface area contributed by atoms with Gasteiger partial charge in [-0.2, -0.15) is 0 Å². The lowest BCUT2D eigenvalue weighted by atomic mass is 9.99. The Hall–Kier alpha value is -0.170. The molecule has 5 nitrogen and oxygen atoms in total. The van der Waals surface area contributed by atoms with Gasteiger partial charge in [-0.3, -0.25) is 0 Å². The molecule has 0 bridgehead atoms. The first-order valence-corrected chi connectivity index (χ1v) is 9.05. The third-order valence-electron chi connectivity index (χ3n) is 3.75. The molecule has 114 valence electrons. The lowest BCUT2D eigenvalue weighted by Gasteiger charge is -2.31. The largest absolute Gasteiger partial charge is 0.396 e. The molecule has 0 amide bonds. The van der Waals surface area contributed by atoms with Gasteiger partial charge in [-0.1, -0.05) is 6.92 Å². The van der Waals surface area contributed by atoms with E-state index < -0.39 is 10.0 Å². The van der Waals surface area contributed by atoms with Crippen LogP contribution in [0.4, 0.5) is 0 Å². The van der Waals surface area contributed by atoms with Crippen LogP contribution in [0.3, 0.4) is 0 Å². The molecule has 0 aliphatic carbocycles. The molecule has 0 radical (unpaired) electrons. The van der Waals surface area contributed by atoms with Gasteiger partial charge in [-0.05, 0) is 50.6 Å². The Balaban J connectivity index is 2.16. The molecule has 2 N–H and O–H groups in total. The molecule has 19 heavy (non-hydrogen) atoms. The fourth-order valence-electron chi connectivity index (χ4n) is 2.47. The molecule has 0 aromatic carbocycles. The van der Waals surface area contributed by atoms with Crippen molar-refractivity contribution >= 4 is 10.0 Å². The van der Waals surface area contributed by atoms with Gasteiger partial charge in [0.15, 0.2) is 0 Å². The zero-order chi connectivity index (χ0) is 14.3. The molecule has 1 rings (SSSR count). The highest BCUT2D eigenvalue weighted by Crippen LogP contribution is 2.17. The van der Waals surface area contributed by atoms with Crippen LogP contribution >= 0.6 is 0 Å². The SMILES string of the molecule is CC(CO)CCCNCC1CCCN(S(C)(=O)=O)C1. The van der Waals surface area contributed by atoms with Crippen molar-refractivity contribution < 1.29 is 13.5 Å². The molecular formula is C13H28N2O3S. The molecule has 2 atom stereocenters. The van der Waals surface area contributed by atoms with Crippen LogP contribution in [-0.4, -0.2) is 56.9 Å². The van der Waals surface area contributed by atoms with E-state index in [1.54, 1.807) is 4.31 Å². The Morgan fingerprint density at radius 1 is 1.47 bits per heavy atom. The smallest absolute Gasteiger partial charge is 0.211 e. The number of hydrogen-bond donors (Lipinski definition) is 2. The Kier molecular flexibility index (Phi) is 7.28. The van der Waals surface area contributed by atoms with Crippen LogP contribution in [0.2, 0.25) is 0 Å². The van der Waals surface area contributed by atoms with Crippen molar-refractivity contribution in [3.63, 3.8) is 0 Å². The molecule has 0 aromatic rings. The number of nitrogens with zero attached hydrogens (tertiary/aromatic N) is 1. The van der Waals surface area contributed by atoms with Crippen LogP contribution < -0.4 is 5.32 Å². The van der Waals surface area contributed by atoms with Crippen molar-refractivity contribution in [2.75, 3.05) is 39.0 Å².